The fraction of sp³-hybridized carbons (Fsp3) is 0.526. The Morgan fingerprint density at radius 2 is 1.58 bits per heavy atom. The SMILES string of the molecule is O=C(Cc1ccccc1F)N1CCN(C(=O)CC2(C(=O)O)CCC2)CC1. The minimum Gasteiger partial charge on any atom is -0.481 e. The summed E-state index contributed by atoms with van der Waals surface area (Å²) >= 11 is 0. The zero-order chi connectivity index (χ0) is 18.7. The number of aliphatic carboxylic acids is 1. The number of carboxylic acid groups (broad SMARTS) is 1. The summed E-state index contributed by atoms with van der Waals surface area (Å²) in [6.07, 6.45) is 1.98. The average Bonchev–Trinajstić information content (AvgIpc) is 2.59. The van der Waals surface area contributed by atoms with Gasteiger partial charge in [0, 0.05) is 32.6 Å². The van der Waals surface area contributed by atoms with Crippen LogP contribution in [0.5, 0.6) is 0 Å². The molecular weight excluding hydrogens is 339 g/mol. The van der Waals surface area contributed by atoms with Crippen molar-refractivity contribution < 1.29 is 23.9 Å². The van der Waals surface area contributed by atoms with Gasteiger partial charge in [0.1, 0.15) is 5.82 Å². The van der Waals surface area contributed by atoms with E-state index in [1.807, 2.05) is 0 Å². The van der Waals surface area contributed by atoms with Crippen molar-refractivity contribution in [2.75, 3.05) is 26.2 Å². The van der Waals surface area contributed by atoms with Crippen molar-refractivity contribution in [2.24, 2.45) is 5.41 Å². The van der Waals surface area contributed by atoms with Crippen LogP contribution in [0.15, 0.2) is 24.3 Å². The number of nitrogens with zero attached hydrogens (tertiary/aromatic N) is 2. The van der Waals surface area contributed by atoms with E-state index in [-0.39, 0.29) is 24.7 Å². The molecule has 1 N–H and O–H groups in total. The smallest absolute Gasteiger partial charge is 0.310 e. The van der Waals surface area contributed by atoms with Gasteiger partial charge in [-0.3, -0.25) is 14.4 Å². The fourth-order valence-electron chi connectivity index (χ4n) is 3.59. The molecule has 0 atom stereocenters. The van der Waals surface area contributed by atoms with Crippen LogP contribution in [-0.4, -0.2) is 58.9 Å². The molecule has 0 spiro atoms. The average molecular weight is 362 g/mol. The first-order valence-electron chi connectivity index (χ1n) is 8.94. The highest BCUT2D eigenvalue weighted by atomic mass is 19.1. The Morgan fingerprint density at radius 3 is 2.08 bits per heavy atom. The third-order valence-corrected chi connectivity index (χ3v) is 5.54. The summed E-state index contributed by atoms with van der Waals surface area (Å²) in [7, 11) is 0. The molecule has 1 saturated heterocycles. The van der Waals surface area contributed by atoms with Gasteiger partial charge in [0.2, 0.25) is 11.8 Å². The van der Waals surface area contributed by atoms with E-state index < -0.39 is 17.2 Å². The van der Waals surface area contributed by atoms with Crippen molar-refractivity contribution in [3.8, 4) is 0 Å². The number of carboxylic acids is 1. The molecule has 1 saturated carbocycles. The summed E-state index contributed by atoms with van der Waals surface area (Å²) in [4.78, 5) is 39.5. The molecule has 7 heteroatoms. The van der Waals surface area contributed by atoms with E-state index in [0.717, 1.165) is 6.42 Å². The second-order valence-corrected chi connectivity index (χ2v) is 7.15. The lowest BCUT2D eigenvalue weighted by Crippen LogP contribution is -2.52. The third kappa shape index (κ3) is 3.71. The molecule has 1 aliphatic heterocycles. The quantitative estimate of drug-likeness (QED) is 0.865. The molecule has 1 aromatic rings. The summed E-state index contributed by atoms with van der Waals surface area (Å²) < 4.78 is 13.7. The van der Waals surface area contributed by atoms with Gasteiger partial charge in [0.15, 0.2) is 0 Å². The van der Waals surface area contributed by atoms with Crippen LogP contribution in [0.1, 0.15) is 31.2 Å². The zero-order valence-corrected chi connectivity index (χ0v) is 14.6. The highest BCUT2D eigenvalue weighted by Crippen LogP contribution is 2.44. The number of benzene rings is 1. The molecule has 3 rings (SSSR count). The molecule has 1 aromatic carbocycles. The Hall–Kier alpha value is -2.44. The van der Waals surface area contributed by atoms with Gasteiger partial charge in [-0.1, -0.05) is 24.6 Å². The van der Waals surface area contributed by atoms with E-state index >= 15 is 0 Å². The van der Waals surface area contributed by atoms with Gasteiger partial charge < -0.3 is 14.9 Å². The molecule has 0 aromatic heterocycles. The molecule has 2 fully saturated rings. The van der Waals surface area contributed by atoms with Gasteiger partial charge in [0.05, 0.1) is 11.8 Å². The van der Waals surface area contributed by atoms with Crippen molar-refractivity contribution in [3.05, 3.63) is 35.6 Å². The lowest BCUT2D eigenvalue weighted by molar-refractivity contribution is -0.160. The zero-order valence-electron chi connectivity index (χ0n) is 14.6. The highest BCUT2D eigenvalue weighted by Gasteiger charge is 2.46. The van der Waals surface area contributed by atoms with E-state index in [2.05, 4.69) is 0 Å². The summed E-state index contributed by atoms with van der Waals surface area (Å²) in [5.74, 6) is -1.61. The highest BCUT2D eigenvalue weighted by molar-refractivity contribution is 5.86. The van der Waals surface area contributed by atoms with Crippen molar-refractivity contribution in [3.63, 3.8) is 0 Å². The van der Waals surface area contributed by atoms with Crippen molar-refractivity contribution in [1.82, 2.24) is 9.80 Å². The Morgan fingerprint density at radius 1 is 1.00 bits per heavy atom. The minimum absolute atomic E-state index is 0.00272. The van der Waals surface area contributed by atoms with E-state index in [1.165, 1.54) is 6.07 Å². The Labute approximate surface area is 151 Å². The van der Waals surface area contributed by atoms with E-state index in [4.69, 9.17) is 0 Å². The number of rotatable bonds is 5. The second-order valence-electron chi connectivity index (χ2n) is 7.15. The molecule has 0 unspecified atom stereocenters. The Balaban J connectivity index is 1.51. The monoisotopic (exact) mass is 362 g/mol. The lowest BCUT2D eigenvalue weighted by Gasteiger charge is -2.40. The minimum atomic E-state index is -0.894. The molecule has 2 aliphatic rings. The lowest BCUT2D eigenvalue weighted by atomic mass is 9.66. The molecule has 0 radical (unpaired) electrons. The molecule has 1 aliphatic carbocycles. The van der Waals surface area contributed by atoms with Crippen LogP contribution in [0.25, 0.3) is 0 Å². The Bertz CT molecular complexity index is 709. The summed E-state index contributed by atoms with van der Waals surface area (Å²) in [5, 5.41) is 9.35. The molecule has 2 amide bonds. The number of piperazine rings is 1. The van der Waals surface area contributed by atoms with Gasteiger partial charge in [-0.15, -0.1) is 0 Å². The van der Waals surface area contributed by atoms with E-state index in [0.29, 0.717) is 44.6 Å². The standard InChI is InChI=1S/C19H23FN2O4/c20-15-5-2-1-4-14(15)12-16(23)21-8-10-22(11-9-21)17(24)13-19(18(25)26)6-3-7-19/h1-2,4-5H,3,6-13H2,(H,25,26). The van der Waals surface area contributed by atoms with Crippen LogP contribution < -0.4 is 0 Å². The third-order valence-electron chi connectivity index (χ3n) is 5.54. The van der Waals surface area contributed by atoms with Crippen LogP contribution >= 0.6 is 0 Å². The van der Waals surface area contributed by atoms with Crippen LogP contribution in [0.4, 0.5) is 4.39 Å². The normalized spacial score (nSPS) is 19.0. The summed E-state index contributed by atoms with van der Waals surface area (Å²) in [5.41, 5.74) is -0.529. The maximum atomic E-state index is 13.7. The number of hydrogen-bond acceptors (Lipinski definition) is 3. The number of amides is 2. The predicted octanol–water partition coefficient (Wildman–Crippen LogP) is 1.68. The number of halogens is 1. The first-order chi connectivity index (χ1) is 12.4. The maximum absolute atomic E-state index is 13.7. The van der Waals surface area contributed by atoms with Gasteiger partial charge in [-0.25, -0.2) is 4.39 Å². The second kappa shape index (κ2) is 7.43. The van der Waals surface area contributed by atoms with Crippen molar-refractivity contribution >= 4 is 17.8 Å². The van der Waals surface area contributed by atoms with Crippen LogP contribution in [0.2, 0.25) is 0 Å². The molecule has 140 valence electrons. The molecule has 6 nitrogen and oxygen atoms in total. The largest absolute Gasteiger partial charge is 0.481 e. The maximum Gasteiger partial charge on any atom is 0.310 e. The van der Waals surface area contributed by atoms with Gasteiger partial charge in [-0.2, -0.15) is 0 Å². The fourth-order valence-corrected chi connectivity index (χ4v) is 3.59. The first-order valence-corrected chi connectivity index (χ1v) is 8.94. The summed E-state index contributed by atoms with van der Waals surface area (Å²) in [6, 6.07) is 6.20. The molecule has 1 heterocycles. The Kier molecular flexibility index (Phi) is 5.25. The first kappa shape index (κ1) is 18.4. The van der Waals surface area contributed by atoms with Crippen molar-refractivity contribution in [1.29, 1.82) is 0 Å². The topological polar surface area (TPSA) is 77.9 Å². The van der Waals surface area contributed by atoms with Crippen LogP contribution in [-0.2, 0) is 20.8 Å². The van der Waals surface area contributed by atoms with Crippen LogP contribution in [0.3, 0.4) is 0 Å². The molecular formula is C19H23FN2O4. The van der Waals surface area contributed by atoms with Crippen molar-refractivity contribution in [2.45, 2.75) is 32.1 Å². The molecule has 26 heavy (non-hydrogen) atoms. The summed E-state index contributed by atoms with van der Waals surface area (Å²) in [6.45, 7) is 1.55. The van der Waals surface area contributed by atoms with Crippen LogP contribution in [0, 0.1) is 11.2 Å². The molecule has 0 bridgehead atoms. The number of hydrogen-bond donors (Lipinski definition) is 1. The van der Waals surface area contributed by atoms with Gasteiger partial charge >= 0.3 is 5.97 Å². The van der Waals surface area contributed by atoms with Gasteiger partial charge in [-0.05, 0) is 24.5 Å². The predicted molar refractivity (Wildman–Crippen MR) is 91.8 cm³/mol. The number of carbonyl (C=O) groups excluding carboxylic acids is 2. The number of carbonyl (C=O) groups is 3. The van der Waals surface area contributed by atoms with E-state index in [1.54, 1.807) is 28.0 Å². The van der Waals surface area contributed by atoms with E-state index in [9.17, 15) is 23.9 Å². The van der Waals surface area contributed by atoms with Gasteiger partial charge in [0.25, 0.3) is 0 Å².